The van der Waals surface area contributed by atoms with Crippen LogP contribution in [0, 0.1) is 0 Å². The number of nitrogens with zero attached hydrogens (tertiary/aromatic N) is 3. The lowest BCUT2D eigenvalue weighted by atomic mass is 10.4. The van der Waals surface area contributed by atoms with E-state index in [0.717, 1.165) is 12.5 Å². The summed E-state index contributed by atoms with van der Waals surface area (Å²) in [5.41, 5.74) is 0. The van der Waals surface area contributed by atoms with Crippen molar-refractivity contribution in [1.82, 2.24) is 14.5 Å². The molecule has 9 heteroatoms. The molecule has 7 nitrogen and oxygen atoms in total. The number of nitrogens with one attached hydrogen (secondary N) is 1. The number of ether oxygens (including phenoxy) is 1. The topological polar surface area (TPSA) is 74.2 Å². The first-order valence-corrected chi connectivity index (χ1v) is 11.3. The summed E-state index contributed by atoms with van der Waals surface area (Å²) in [7, 11) is -1.48. The Hall–Kier alpha value is -0.510. The molecule has 0 aromatic heterocycles. The molecule has 1 aliphatic heterocycles. The molecule has 24 heavy (non-hydrogen) atoms. The maximum absolute atomic E-state index is 12.3. The third kappa shape index (κ3) is 7.16. The van der Waals surface area contributed by atoms with Crippen LogP contribution >= 0.6 is 11.8 Å². The number of hydrogen-bond donors (Lipinski definition) is 1. The first-order chi connectivity index (χ1) is 11.3. The summed E-state index contributed by atoms with van der Waals surface area (Å²) in [6.45, 7) is 9.34. The summed E-state index contributed by atoms with van der Waals surface area (Å²) >= 11 is 1.80. The molecule has 0 amide bonds. The third-order valence-electron chi connectivity index (χ3n) is 3.89. The summed E-state index contributed by atoms with van der Waals surface area (Å²) in [6, 6.07) is 0. The van der Waals surface area contributed by atoms with E-state index in [0.29, 0.717) is 31.4 Å². The van der Waals surface area contributed by atoms with Crippen LogP contribution in [-0.4, -0.2) is 93.3 Å². The number of sulfonamides is 1. The van der Waals surface area contributed by atoms with Crippen molar-refractivity contribution in [3.63, 3.8) is 0 Å². The zero-order valence-corrected chi connectivity index (χ0v) is 17.1. The second-order valence-electron chi connectivity index (χ2n) is 6.10. The van der Waals surface area contributed by atoms with Gasteiger partial charge in [-0.15, -0.1) is 0 Å². The van der Waals surface area contributed by atoms with E-state index in [-0.39, 0.29) is 18.5 Å². The lowest BCUT2D eigenvalue weighted by Crippen LogP contribution is -2.54. The summed E-state index contributed by atoms with van der Waals surface area (Å²) in [6.07, 6.45) is 2.14. The van der Waals surface area contributed by atoms with Crippen molar-refractivity contribution in [3.05, 3.63) is 0 Å². The minimum Gasteiger partial charge on any atom is -0.378 e. The van der Waals surface area contributed by atoms with Crippen molar-refractivity contribution in [1.29, 1.82) is 0 Å². The number of hydrogen-bond acceptors (Lipinski definition) is 5. The van der Waals surface area contributed by atoms with Gasteiger partial charge in [0.15, 0.2) is 5.96 Å². The fourth-order valence-electron chi connectivity index (χ4n) is 2.35. The molecule has 1 atom stereocenters. The normalized spacial score (nSPS) is 18.9. The number of rotatable bonds is 8. The zero-order valence-electron chi connectivity index (χ0n) is 15.5. The van der Waals surface area contributed by atoms with Crippen LogP contribution in [0.2, 0.25) is 0 Å². The lowest BCUT2D eigenvalue weighted by molar-refractivity contribution is 0.0904. The second kappa shape index (κ2) is 10.5. The summed E-state index contributed by atoms with van der Waals surface area (Å²) in [5.74, 6) is 0.889. The SMILES string of the molecule is CN=C(NCC(C)SC)N1CCN(S(=O)(=O)CCOC(C)C)CC1. The molecule has 1 heterocycles. The van der Waals surface area contributed by atoms with Gasteiger partial charge in [0.1, 0.15) is 0 Å². The molecule has 0 aliphatic carbocycles. The highest BCUT2D eigenvalue weighted by Crippen LogP contribution is 2.09. The van der Waals surface area contributed by atoms with E-state index in [4.69, 9.17) is 4.74 Å². The predicted octanol–water partition coefficient (Wildman–Crippen LogP) is 0.686. The zero-order chi connectivity index (χ0) is 18.2. The molecule has 1 fully saturated rings. The molecule has 0 spiro atoms. The summed E-state index contributed by atoms with van der Waals surface area (Å²) in [4.78, 5) is 6.42. The highest BCUT2D eigenvalue weighted by molar-refractivity contribution is 7.99. The highest BCUT2D eigenvalue weighted by Gasteiger charge is 2.28. The molecule has 0 saturated carbocycles. The van der Waals surface area contributed by atoms with E-state index < -0.39 is 10.0 Å². The largest absolute Gasteiger partial charge is 0.378 e. The van der Waals surface area contributed by atoms with Crippen molar-refractivity contribution in [2.45, 2.75) is 32.1 Å². The lowest BCUT2D eigenvalue weighted by Gasteiger charge is -2.36. The Morgan fingerprint density at radius 1 is 1.25 bits per heavy atom. The second-order valence-corrected chi connectivity index (χ2v) is 9.46. The van der Waals surface area contributed by atoms with E-state index in [1.807, 2.05) is 13.8 Å². The van der Waals surface area contributed by atoms with Crippen LogP contribution in [0.5, 0.6) is 0 Å². The van der Waals surface area contributed by atoms with Crippen LogP contribution in [0.15, 0.2) is 4.99 Å². The van der Waals surface area contributed by atoms with Crippen LogP contribution in [0.4, 0.5) is 0 Å². The Morgan fingerprint density at radius 3 is 2.38 bits per heavy atom. The van der Waals surface area contributed by atoms with Gasteiger partial charge in [-0.05, 0) is 20.1 Å². The van der Waals surface area contributed by atoms with Gasteiger partial charge in [-0.25, -0.2) is 8.42 Å². The monoisotopic (exact) mass is 380 g/mol. The first kappa shape index (κ1) is 21.5. The average Bonchev–Trinajstić information content (AvgIpc) is 2.55. The smallest absolute Gasteiger partial charge is 0.216 e. The molecule has 1 unspecified atom stereocenters. The van der Waals surface area contributed by atoms with Crippen LogP contribution in [0.3, 0.4) is 0 Å². The van der Waals surface area contributed by atoms with E-state index in [9.17, 15) is 8.42 Å². The van der Waals surface area contributed by atoms with Gasteiger partial charge in [0.25, 0.3) is 0 Å². The van der Waals surface area contributed by atoms with Crippen molar-refractivity contribution >= 4 is 27.7 Å². The highest BCUT2D eigenvalue weighted by atomic mass is 32.2. The van der Waals surface area contributed by atoms with Gasteiger partial charge in [0, 0.05) is 45.0 Å². The molecular weight excluding hydrogens is 348 g/mol. The fraction of sp³-hybridized carbons (Fsp3) is 0.933. The quantitative estimate of drug-likeness (QED) is 0.493. The van der Waals surface area contributed by atoms with Crippen LogP contribution < -0.4 is 5.32 Å². The Morgan fingerprint density at radius 2 is 1.88 bits per heavy atom. The maximum Gasteiger partial charge on any atom is 0.216 e. The third-order valence-corrected chi connectivity index (χ3v) is 6.69. The van der Waals surface area contributed by atoms with E-state index in [2.05, 4.69) is 28.4 Å². The number of guanidine groups is 1. The predicted molar refractivity (Wildman–Crippen MR) is 102 cm³/mol. The molecule has 0 aromatic rings. The van der Waals surface area contributed by atoms with E-state index in [1.54, 1.807) is 23.1 Å². The Bertz CT molecular complexity index is 489. The van der Waals surface area contributed by atoms with Crippen molar-refractivity contribution < 1.29 is 13.2 Å². The molecule has 1 N–H and O–H groups in total. The van der Waals surface area contributed by atoms with Crippen LogP contribution in [0.25, 0.3) is 0 Å². The van der Waals surface area contributed by atoms with Crippen molar-refractivity contribution in [2.75, 3.05) is 58.4 Å². The standard InChI is InChI=1S/C15H32N4O3S2/c1-13(2)22-10-11-24(20,21)19-8-6-18(7-9-19)15(16-4)17-12-14(3)23-5/h13-14H,6-12H2,1-5H3,(H,16,17). The average molecular weight is 381 g/mol. The number of thioether (sulfide) groups is 1. The summed E-state index contributed by atoms with van der Waals surface area (Å²) < 4.78 is 31.6. The molecule has 0 radical (unpaired) electrons. The minimum atomic E-state index is -3.25. The number of piperazine rings is 1. The van der Waals surface area contributed by atoms with Gasteiger partial charge in [-0.1, -0.05) is 6.92 Å². The van der Waals surface area contributed by atoms with Crippen LogP contribution in [0.1, 0.15) is 20.8 Å². The molecule has 0 aromatic carbocycles. The molecule has 1 aliphatic rings. The van der Waals surface area contributed by atoms with Crippen molar-refractivity contribution in [3.8, 4) is 0 Å². The van der Waals surface area contributed by atoms with Gasteiger partial charge >= 0.3 is 0 Å². The van der Waals surface area contributed by atoms with Gasteiger partial charge in [-0.3, -0.25) is 4.99 Å². The Balaban J connectivity index is 2.47. The van der Waals surface area contributed by atoms with Crippen LogP contribution in [-0.2, 0) is 14.8 Å². The Kier molecular flexibility index (Phi) is 9.40. The molecular formula is C15H32N4O3S2. The molecule has 142 valence electrons. The molecule has 1 saturated heterocycles. The number of aliphatic imine (C=N–C) groups is 1. The maximum atomic E-state index is 12.3. The van der Waals surface area contributed by atoms with Crippen molar-refractivity contribution in [2.24, 2.45) is 4.99 Å². The van der Waals surface area contributed by atoms with Gasteiger partial charge < -0.3 is 15.0 Å². The first-order valence-electron chi connectivity index (χ1n) is 8.38. The van der Waals surface area contributed by atoms with E-state index >= 15 is 0 Å². The van der Waals surface area contributed by atoms with Gasteiger partial charge in [0.05, 0.1) is 18.5 Å². The molecule has 0 bridgehead atoms. The fourth-order valence-corrected chi connectivity index (χ4v) is 3.88. The van der Waals surface area contributed by atoms with Gasteiger partial charge in [-0.2, -0.15) is 16.1 Å². The van der Waals surface area contributed by atoms with E-state index in [1.165, 1.54) is 0 Å². The van der Waals surface area contributed by atoms with Gasteiger partial charge in [0.2, 0.25) is 10.0 Å². The molecule has 1 rings (SSSR count). The minimum absolute atomic E-state index is 0.0450. The Labute approximate surface area is 151 Å². The summed E-state index contributed by atoms with van der Waals surface area (Å²) in [5, 5.41) is 3.86.